The highest BCUT2D eigenvalue weighted by atomic mass is 19.4. The number of methoxy groups -OCH3 is 1. The van der Waals surface area contributed by atoms with Gasteiger partial charge in [0.2, 0.25) is 0 Å². The van der Waals surface area contributed by atoms with Crippen LogP contribution in [0.5, 0.6) is 5.75 Å². The van der Waals surface area contributed by atoms with E-state index in [0.29, 0.717) is 11.3 Å². The lowest BCUT2D eigenvalue weighted by Crippen LogP contribution is -2.41. The predicted molar refractivity (Wildman–Crippen MR) is 133 cm³/mol. The summed E-state index contributed by atoms with van der Waals surface area (Å²) in [5, 5.41) is 5.62. The van der Waals surface area contributed by atoms with Crippen molar-refractivity contribution in [2.24, 2.45) is 0 Å². The summed E-state index contributed by atoms with van der Waals surface area (Å²) in [7, 11) is 1.52. The van der Waals surface area contributed by atoms with Crippen molar-refractivity contribution in [3.8, 4) is 17.1 Å². The zero-order valence-corrected chi connectivity index (χ0v) is 20.2. The fourth-order valence-electron chi connectivity index (χ4n) is 4.18. The normalized spacial score (nSPS) is 14.8. The number of alkyl halides is 3. The fraction of sp³-hybridized carbons (Fsp3) is 0.286. The van der Waals surface area contributed by atoms with Crippen LogP contribution >= 0.6 is 0 Å². The number of nitrogens with one attached hydrogen (secondary N) is 2. The zero-order valence-electron chi connectivity index (χ0n) is 20.2. The summed E-state index contributed by atoms with van der Waals surface area (Å²) < 4.78 is 50.2. The molecule has 0 unspecified atom stereocenters. The Bertz CT molecular complexity index is 1270. The van der Waals surface area contributed by atoms with Crippen LogP contribution in [0.3, 0.4) is 0 Å². The van der Waals surface area contributed by atoms with Crippen LogP contribution in [0.2, 0.25) is 0 Å². The smallest absolute Gasteiger partial charge is 0.416 e. The molecular formula is C28H27F3N2O4. The molecule has 2 N–H and O–H groups in total. The molecule has 1 fully saturated rings. The van der Waals surface area contributed by atoms with E-state index in [1.54, 1.807) is 24.3 Å². The molecule has 0 aliphatic heterocycles. The van der Waals surface area contributed by atoms with Crippen molar-refractivity contribution in [2.75, 3.05) is 7.11 Å². The first kappa shape index (κ1) is 26.1. The highest BCUT2D eigenvalue weighted by Gasteiger charge is 2.30. The molecule has 0 radical (unpaired) electrons. The molecule has 1 aliphatic carbocycles. The monoisotopic (exact) mass is 512 g/mol. The van der Waals surface area contributed by atoms with Gasteiger partial charge in [-0.15, -0.1) is 0 Å². The van der Waals surface area contributed by atoms with Gasteiger partial charge in [-0.2, -0.15) is 13.2 Å². The van der Waals surface area contributed by atoms with Crippen molar-refractivity contribution < 1.29 is 31.9 Å². The van der Waals surface area contributed by atoms with Gasteiger partial charge in [-0.25, -0.2) is 0 Å². The lowest BCUT2D eigenvalue weighted by molar-refractivity contribution is -0.137. The van der Waals surface area contributed by atoms with E-state index >= 15 is 0 Å². The van der Waals surface area contributed by atoms with Crippen LogP contribution in [0.4, 0.5) is 13.2 Å². The minimum Gasteiger partial charge on any atom is -0.497 e. The molecule has 1 heterocycles. The lowest BCUT2D eigenvalue weighted by Gasteiger charge is -2.23. The van der Waals surface area contributed by atoms with E-state index in [1.165, 1.54) is 37.5 Å². The van der Waals surface area contributed by atoms with Gasteiger partial charge < -0.3 is 19.8 Å². The Morgan fingerprint density at radius 2 is 1.73 bits per heavy atom. The van der Waals surface area contributed by atoms with Crippen LogP contribution in [0.25, 0.3) is 17.4 Å². The van der Waals surface area contributed by atoms with E-state index in [9.17, 15) is 22.8 Å². The molecule has 6 nitrogen and oxygen atoms in total. The number of benzene rings is 2. The SMILES string of the molecule is COc1ccc(C(=O)N/C(=C\c2ccc(-c3cccc(C(F)(F)F)c3)o2)C(=O)NC2CCCCC2)cc1. The number of carbonyl (C=O) groups is 2. The fourth-order valence-corrected chi connectivity index (χ4v) is 4.18. The van der Waals surface area contributed by atoms with E-state index in [0.717, 1.165) is 44.2 Å². The summed E-state index contributed by atoms with van der Waals surface area (Å²) in [4.78, 5) is 26.0. The first-order chi connectivity index (χ1) is 17.7. The third-order valence-corrected chi connectivity index (χ3v) is 6.17. The van der Waals surface area contributed by atoms with E-state index < -0.39 is 23.6 Å². The van der Waals surface area contributed by atoms with E-state index in [-0.39, 0.29) is 28.8 Å². The number of hydrogen-bond donors (Lipinski definition) is 2. The predicted octanol–water partition coefficient (Wildman–Crippen LogP) is 6.19. The number of furan rings is 1. The van der Waals surface area contributed by atoms with Gasteiger partial charge in [0, 0.05) is 23.2 Å². The second kappa shape index (κ2) is 11.4. The highest BCUT2D eigenvalue weighted by Crippen LogP contribution is 2.33. The number of carbonyl (C=O) groups excluding carboxylic acids is 2. The van der Waals surface area contributed by atoms with Crippen LogP contribution in [0.1, 0.15) is 53.8 Å². The molecular weight excluding hydrogens is 485 g/mol. The number of rotatable bonds is 7. The molecule has 2 amide bonds. The van der Waals surface area contributed by atoms with Crippen molar-refractivity contribution in [3.05, 3.63) is 83.2 Å². The first-order valence-electron chi connectivity index (χ1n) is 12.0. The van der Waals surface area contributed by atoms with Gasteiger partial charge in [-0.3, -0.25) is 9.59 Å². The maximum atomic E-state index is 13.1. The number of ether oxygens (including phenoxy) is 1. The molecule has 1 saturated carbocycles. The number of amides is 2. The van der Waals surface area contributed by atoms with Gasteiger partial charge in [0.1, 0.15) is 23.0 Å². The van der Waals surface area contributed by atoms with E-state index in [4.69, 9.17) is 9.15 Å². The van der Waals surface area contributed by atoms with Gasteiger partial charge in [0.15, 0.2) is 0 Å². The Morgan fingerprint density at radius 1 is 1.00 bits per heavy atom. The van der Waals surface area contributed by atoms with Crippen molar-refractivity contribution >= 4 is 17.9 Å². The van der Waals surface area contributed by atoms with Crippen LogP contribution in [-0.4, -0.2) is 25.0 Å². The van der Waals surface area contributed by atoms with Crippen LogP contribution in [0, 0.1) is 0 Å². The van der Waals surface area contributed by atoms with Gasteiger partial charge in [0.05, 0.1) is 12.7 Å². The lowest BCUT2D eigenvalue weighted by atomic mass is 9.95. The average Bonchev–Trinajstić information content (AvgIpc) is 3.37. The molecule has 9 heteroatoms. The van der Waals surface area contributed by atoms with E-state index in [1.807, 2.05) is 0 Å². The first-order valence-corrected chi connectivity index (χ1v) is 12.0. The maximum Gasteiger partial charge on any atom is 0.416 e. The third kappa shape index (κ3) is 6.81. The summed E-state index contributed by atoms with van der Waals surface area (Å²) >= 11 is 0. The molecule has 0 saturated heterocycles. The zero-order chi connectivity index (χ0) is 26.4. The van der Waals surface area contributed by atoms with Gasteiger partial charge >= 0.3 is 6.18 Å². The van der Waals surface area contributed by atoms with Crippen molar-refractivity contribution in [3.63, 3.8) is 0 Å². The summed E-state index contributed by atoms with van der Waals surface area (Å²) in [6.07, 6.45) is 1.74. The van der Waals surface area contributed by atoms with Gasteiger partial charge in [-0.05, 0) is 61.4 Å². The van der Waals surface area contributed by atoms with Crippen molar-refractivity contribution in [1.82, 2.24) is 10.6 Å². The Kier molecular flexibility index (Phi) is 8.01. The molecule has 0 spiro atoms. The maximum absolute atomic E-state index is 13.1. The molecule has 1 aliphatic rings. The topological polar surface area (TPSA) is 80.6 Å². The van der Waals surface area contributed by atoms with Crippen LogP contribution in [0.15, 0.2) is 70.8 Å². The second-order valence-corrected chi connectivity index (χ2v) is 8.83. The number of halogens is 3. The molecule has 194 valence electrons. The molecule has 4 rings (SSSR count). The average molecular weight is 513 g/mol. The minimum absolute atomic E-state index is 0.000177. The standard InChI is InChI=1S/C28H27F3N2O4/c1-36-22-12-10-18(11-13-22)26(34)33-24(27(35)32-21-8-3-2-4-9-21)17-23-14-15-25(37-23)19-6-5-7-20(16-19)28(29,30)31/h5-7,10-17,21H,2-4,8-9H2,1H3,(H,32,35)(H,33,34)/b24-17-. The summed E-state index contributed by atoms with van der Waals surface area (Å²) in [6, 6.07) is 14.2. The Labute approximate surface area is 212 Å². The highest BCUT2D eigenvalue weighted by molar-refractivity contribution is 6.05. The number of hydrogen-bond acceptors (Lipinski definition) is 4. The Hall–Kier alpha value is -4.01. The second-order valence-electron chi connectivity index (χ2n) is 8.83. The van der Waals surface area contributed by atoms with Crippen LogP contribution < -0.4 is 15.4 Å². The van der Waals surface area contributed by atoms with Gasteiger partial charge in [0.25, 0.3) is 11.8 Å². The van der Waals surface area contributed by atoms with Crippen LogP contribution in [-0.2, 0) is 11.0 Å². The molecule has 3 aromatic rings. The molecule has 0 atom stereocenters. The van der Waals surface area contributed by atoms with E-state index in [2.05, 4.69) is 10.6 Å². The van der Waals surface area contributed by atoms with Crippen molar-refractivity contribution in [2.45, 2.75) is 44.3 Å². The minimum atomic E-state index is -4.48. The summed E-state index contributed by atoms with van der Waals surface area (Å²) in [5.74, 6) is 0.0188. The van der Waals surface area contributed by atoms with Gasteiger partial charge in [-0.1, -0.05) is 31.4 Å². The molecule has 2 aromatic carbocycles. The molecule has 0 bridgehead atoms. The summed E-state index contributed by atoms with van der Waals surface area (Å²) in [5.41, 5.74) is -0.264. The Balaban J connectivity index is 1.59. The third-order valence-electron chi connectivity index (χ3n) is 6.17. The largest absolute Gasteiger partial charge is 0.497 e. The molecule has 37 heavy (non-hydrogen) atoms. The summed E-state index contributed by atoms with van der Waals surface area (Å²) in [6.45, 7) is 0. The quantitative estimate of drug-likeness (QED) is 0.370. The van der Waals surface area contributed by atoms with Crippen molar-refractivity contribution in [1.29, 1.82) is 0 Å². The molecule has 1 aromatic heterocycles. The Morgan fingerprint density at radius 3 is 2.41 bits per heavy atom.